The lowest BCUT2D eigenvalue weighted by molar-refractivity contribution is -0.130. The fourth-order valence-corrected chi connectivity index (χ4v) is 5.89. The van der Waals surface area contributed by atoms with Crippen molar-refractivity contribution in [1.82, 2.24) is 14.6 Å². The minimum absolute atomic E-state index is 0.0498. The molecule has 2 aliphatic rings. The van der Waals surface area contributed by atoms with Crippen molar-refractivity contribution in [3.63, 3.8) is 0 Å². The number of ether oxygens (including phenoxy) is 1. The summed E-state index contributed by atoms with van der Waals surface area (Å²) in [4.78, 5) is 18.2. The Kier molecular flexibility index (Phi) is 6.50. The van der Waals surface area contributed by atoms with Crippen LogP contribution in [0.5, 0.6) is 5.75 Å². The normalized spacial score (nSPS) is 18.5. The summed E-state index contributed by atoms with van der Waals surface area (Å²) in [5.74, 6) is 1.76. The molecule has 0 N–H and O–H groups in total. The van der Waals surface area contributed by atoms with Gasteiger partial charge >= 0.3 is 0 Å². The summed E-state index contributed by atoms with van der Waals surface area (Å²) < 4.78 is 13.3. The maximum Gasteiger partial charge on any atom is 0.253 e. The molecule has 1 aliphatic heterocycles. The molecule has 0 bridgehead atoms. The van der Waals surface area contributed by atoms with E-state index in [0.29, 0.717) is 12.5 Å². The Hall–Kier alpha value is -3.00. The summed E-state index contributed by atoms with van der Waals surface area (Å²) in [6.07, 6.45) is 7.12. The standard InChI is InChI=1S/C26H30N4O3S/c1-17-18(2)29(20-7-4-5-8-20)26(27-17)34-16-25(31)30-23(24-9-6-14-33-24)15-22(28-30)19-10-12-21(32-3)13-11-19/h6,9-14,20,23H,4-5,7-8,15-16H2,1-3H3/t23-/m1/s1. The number of methoxy groups -OCH3 is 1. The Balaban J connectivity index is 1.36. The second-order valence-corrected chi connectivity index (χ2v) is 9.85. The number of carbonyl (C=O) groups excluding carboxylic acids is 1. The highest BCUT2D eigenvalue weighted by Crippen LogP contribution is 2.37. The molecule has 34 heavy (non-hydrogen) atoms. The van der Waals surface area contributed by atoms with Crippen molar-refractivity contribution in [3.8, 4) is 5.75 Å². The van der Waals surface area contributed by atoms with Crippen LogP contribution in [0.15, 0.2) is 57.3 Å². The van der Waals surface area contributed by atoms with Crippen molar-refractivity contribution in [2.45, 2.75) is 63.2 Å². The van der Waals surface area contributed by atoms with E-state index in [9.17, 15) is 4.79 Å². The van der Waals surface area contributed by atoms with Crippen LogP contribution in [0.4, 0.5) is 0 Å². The summed E-state index contributed by atoms with van der Waals surface area (Å²) >= 11 is 1.51. The molecule has 2 aromatic heterocycles. The Morgan fingerprint density at radius 3 is 2.62 bits per heavy atom. The van der Waals surface area contributed by atoms with Crippen molar-refractivity contribution in [2.24, 2.45) is 5.10 Å². The summed E-state index contributed by atoms with van der Waals surface area (Å²) in [5, 5.41) is 7.27. The second kappa shape index (κ2) is 9.70. The monoisotopic (exact) mass is 478 g/mol. The van der Waals surface area contributed by atoms with Crippen molar-refractivity contribution in [1.29, 1.82) is 0 Å². The number of hydrogen-bond donors (Lipinski definition) is 0. The Morgan fingerprint density at radius 1 is 1.18 bits per heavy atom. The highest BCUT2D eigenvalue weighted by atomic mass is 32.2. The largest absolute Gasteiger partial charge is 0.497 e. The number of amides is 1. The molecule has 8 heteroatoms. The van der Waals surface area contributed by atoms with E-state index < -0.39 is 0 Å². The van der Waals surface area contributed by atoms with Crippen LogP contribution in [0.3, 0.4) is 0 Å². The number of rotatable bonds is 7. The molecular weight excluding hydrogens is 448 g/mol. The topological polar surface area (TPSA) is 72.9 Å². The van der Waals surface area contributed by atoms with Gasteiger partial charge in [-0.1, -0.05) is 24.6 Å². The van der Waals surface area contributed by atoms with Crippen LogP contribution in [0, 0.1) is 13.8 Å². The molecule has 3 heterocycles. The van der Waals surface area contributed by atoms with E-state index in [2.05, 4.69) is 11.5 Å². The third kappa shape index (κ3) is 4.39. The molecule has 5 rings (SSSR count). The smallest absolute Gasteiger partial charge is 0.253 e. The minimum Gasteiger partial charge on any atom is -0.497 e. The first kappa shape index (κ1) is 22.8. The molecule has 178 valence electrons. The van der Waals surface area contributed by atoms with Crippen molar-refractivity contribution >= 4 is 23.4 Å². The van der Waals surface area contributed by atoms with Gasteiger partial charge in [0, 0.05) is 18.2 Å². The van der Waals surface area contributed by atoms with Gasteiger partial charge in [0.05, 0.1) is 30.5 Å². The lowest BCUT2D eigenvalue weighted by atomic mass is 10.0. The fourth-order valence-electron chi connectivity index (χ4n) is 4.88. The maximum absolute atomic E-state index is 13.4. The zero-order chi connectivity index (χ0) is 23.7. The highest BCUT2D eigenvalue weighted by molar-refractivity contribution is 7.99. The van der Waals surface area contributed by atoms with Crippen molar-refractivity contribution < 1.29 is 13.9 Å². The Morgan fingerprint density at radius 2 is 1.94 bits per heavy atom. The van der Waals surface area contributed by atoms with Gasteiger partial charge in [0.25, 0.3) is 5.91 Å². The highest BCUT2D eigenvalue weighted by Gasteiger charge is 2.35. The molecular formula is C26H30N4O3S. The molecule has 1 fully saturated rings. The molecule has 0 unspecified atom stereocenters. The first-order valence-corrected chi connectivity index (χ1v) is 12.8. The van der Waals surface area contributed by atoms with Crippen LogP contribution < -0.4 is 4.74 Å². The predicted molar refractivity (Wildman–Crippen MR) is 132 cm³/mol. The van der Waals surface area contributed by atoms with E-state index in [1.807, 2.05) is 43.3 Å². The number of benzene rings is 1. The number of nitrogens with zero attached hydrogens (tertiary/aromatic N) is 4. The van der Waals surface area contributed by atoms with E-state index >= 15 is 0 Å². The van der Waals surface area contributed by atoms with Gasteiger partial charge in [-0.25, -0.2) is 9.99 Å². The van der Waals surface area contributed by atoms with Gasteiger partial charge in [-0.3, -0.25) is 4.79 Å². The van der Waals surface area contributed by atoms with Gasteiger partial charge in [-0.15, -0.1) is 0 Å². The first-order chi connectivity index (χ1) is 16.5. The molecule has 1 saturated carbocycles. The van der Waals surface area contributed by atoms with E-state index in [1.165, 1.54) is 43.1 Å². The summed E-state index contributed by atoms with van der Waals surface area (Å²) in [7, 11) is 1.65. The lowest BCUT2D eigenvalue weighted by Gasteiger charge is -2.20. The van der Waals surface area contributed by atoms with Crippen LogP contribution >= 0.6 is 11.8 Å². The lowest BCUT2D eigenvalue weighted by Crippen LogP contribution is -2.28. The first-order valence-electron chi connectivity index (χ1n) is 11.8. The number of thioether (sulfide) groups is 1. The van der Waals surface area contributed by atoms with Crippen LogP contribution in [0.1, 0.15) is 66.9 Å². The molecule has 0 radical (unpaired) electrons. The number of furan rings is 1. The number of imidazole rings is 1. The van der Waals surface area contributed by atoms with E-state index in [0.717, 1.165) is 33.6 Å². The predicted octanol–water partition coefficient (Wildman–Crippen LogP) is 5.69. The molecule has 0 saturated heterocycles. The Bertz CT molecular complexity index is 1180. The van der Waals surface area contributed by atoms with Crippen LogP contribution in [-0.2, 0) is 4.79 Å². The third-order valence-corrected chi connectivity index (χ3v) is 7.77. The average Bonchev–Trinajstić information content (AvgIpc) is 3.65. The van der Waals surface area contributed by atoms with Gasteiger partial charge < -0.3 is 13.7 Å². The summed E-state index contributed by atoms with van der Waals surface area (Å²) in [6.45, 7) is 4.18. The second-order valence-electron chi connectivity index (χ2n) is 8.91. The summed E-state index contributed by atoms with van der Waals surface area (Å²) in [6, 6.07) is 11.8. The van der Waals surface area contributed by atoms with Crippen LogP contribution in [0.25, 0.3) is 0 Å². The number of aromatic nitrogens is 2. The third-order valence-electron chi connectivity index (χ3n) is 6.83. The average molecular weight is 479 g/mol. The van der Waals surface area contributed by atoms with Crippen molar-refractivity contribution in [3.05, 3.63) is 65.4 Å². The molecule has 1 atom stereocenters. The number of carbonyl (C=O) groups is 1. The SMILES string of the molecule is COc1ccc(C2=NN(C(=O)CSc3nc(C)c(C)n3C3CCCC3)[C@@H](c3ccco3)C2)cc1. The van der Waals surface area contributed by atoms with Gasteiger partial charge in [-0.05, 0) is 68.7 Å². The zero-order valence-corrected chi connectivity index (χ0v) is 20.7. The molecule has 3 aromatic rings. The quantitative estimate of drug-likeness (QED) is 0.408. The Labute approximate surface area is 204 Å². The molecule has 1 aliphatic carbocycles. The molecule has 7 nitrogen and oxygen atoms in total. The van der Waals surface area contributed by atoms with Gasteiger partial charge in [0.15, 0.2) is 5.16 Å². The van der Waals surface area contributed by atoms with E-state index in [1.54, 1.807) is 18.4 Å². The van der Waals surface area contributed by atoms with Gasteiger partial charge in [0.2, 0.25) is 0 Å². The minimum atomic E-state index is -0.252. The van der Waals surface area contributed by atoms with Gasteiger partial charge in [0.1, 0.15) is 17.6 Å². The number of hydrogen-bond acceptors (Lipinski definition) is 6. The number of aryl methyl sites for hydroxylation is 1. The number of hydrazone groups is 1. The van der Waals surface area contributed by atoms with Crippen LogP contribution in [0.2, 0.25) is 0 Å². The van der Waals surface area contributed by atoms with Crippen LogP contribution in [-0.4, -0.2) is 39.0 Å². The zero-order valence-electron chi connectivity index (χ0n) is 19.9. The van der Waals surface area contributed by atoms with E-state index in [4.69, 9.17) is 19.2 Å². The molecule has 1 amide bonds. The molecule has 1 aromatic carbocycles. The fraction of sp³-hybridized carbons (Fsp3) is 0.423. The molecule has 0 spiro atoms. The maximum atomic E-state index is 13.4. The van der Waals surface area contributed by atoms with Crippen molar-refractivity contribution in [2.75, 3.05) is 12.9 Å². The van der Waals surface area contributed by atoms with Gasteiger partial charge in [-0.2, -0.15) is 5.10 Å². The van der Waals surface area contributed by atoms with E-state index in [-0.39, 0.29) is 17.7 Å². The summed E-state index contributed by atoms with van der Waals surface area (Å²) in [5.41, 5.74) is 4.08.